The molecule has 1 saturated heterocycles. The Kier molecular flexibility index (Phi) is 5.48. The first-order valence-electron chi connectivity index (χ1n) is 8.38. The zero-order valence-electron chi connectivity index (χ0n) is 13.9. The van der Waals surface area contributed by atoms with Gasteiger partial charge in [0.15, 0.2) is 0 Å². The molecule has 2 heterocycles. The highest BCUT2D eigenvalue weighted by Crippen LogP contribution is 2.29. The summed E-state index contributed by atoms with van der Waals surface area (Å²) in [7, 11) is 0. The number of amides is 2. The minimum absolute atomic E-state index is 0.0146. The van der Waals surface area contributed by atoms with Gasteiger partial charge < -0.3 is 10.6 Å². The van der Waals surface area contributed by atoms with Crippen LogP contribution in [0.2, 0.25) is 0 Å². The molecule has 3 rings (SSSR count). The molecule has 0 spiro atoms. The molecular formula is C19H21FN2O2S. The monoisotopic (exact) mass is 360 g/mol. The first-order valence-corrected chi connectivity index (χ1v) is 9.32. The number of rotatable bonds is 7. The summed E-state index contributed by atoms with van der Waals surface area (Å²) in [6.07, 6.45) is 2.70. The molecular weight excluding hydrogens is 339 g/mol. The van der Waals surface area contributed by atoms with Crippen LogP contribution in [0.5, 0.6) is 0 Å². The Hall–Kier alpha value is -2.21. The first-order chi connectivity index (χ1) is 12.0. The van der Waals surface area contributed by atoms with Crippen LogP contribution < -0.4 is 10.6 Å². The van der Waals surface area contributed by atoms with Gasteiger partial charge in [-0.2, -0.15) is 11.3 Å². The van der Waals surface area contributed by atoms with Crippen molar-refractivity contribution in [3.63, 3.8) is 0 Å². The Labute approximate surface area is 150 Å². The zero-order valence-corrected chi connectivity index (χ0v) is 14.7. The number of benzene rings is 1. The van der Waals surface area contributed by atoms with Crippen molar-refractivity contribution in [2.75, 3.05) is 0 Å². The van der Waals surface area contributed by atoms with Gasteiger partial charge in [0.2, 0.25) is 11.8 Å². The van der Waals surface area contributed by atoms with Crippen molar-refractivity contribution in [2.24, 2.45) is 0 Å². The van der Waals surface area contributed by atoms with Crippen LogP contribution in [0.4, 0.5) is 4.39 Å². The van der Waals surface area contributed by atoms with E-state index in [1.165, 1.54) is 12.1 Å². The maximum absolute atomic E-state index is 13.1. The van der Waals surface area contributed by atoms with Gasteiger partial charge in [0, 0.05) is 24.9 Å². The maximum Gasteiger partial charge on any atom is 0.220 e. The van der Waals surface area contributed by atoms with E-state index in [0.29, 0.717) is 38.6 Å². The molecule has 0 unspecified atom stereocenters. The van der Waals surface area contributed by atoms with Crippen molar-refractivity contribution >= 4 is 23.2 Å². The largest absolute Gasteiger partial charge is 0.352 e. The number of thiophene rings is 1. The molecule has 1 aromatic carbocycles. The van der Waals surface area contributed by atoms with E-state index in [0.717, 1.165) is 11.1 Å². The second-order valence-electron chi connectivity index (χ2n) is 6.54. The fraction of sp³-hybridized carbons (Fsp3) is 0.368. The Morgan fingerprint density at radius 1 is 1.24 bits per heavy atom. The van der Waals surface area contributed by atoms with Gasteiger partial charge in [-0.3, -0.25) is 9.59 Å². The minimum Gasteiger partial charge on any atom is -0.352 e. The highest BCUT2D eigenvalue weighted by atomic mass is 32.1. The fourth-order valence-corrected chi connectivity index (χ4v) is 3.88. The molecule has 1 aromatic heterocycles. The van der Waals surface area contributed by atoms with Crippen molar-refractivity contribution in [1.82, 2.24) is 10.6 Å². The number of hydrogen-bond donors (Lipinski definition) is 2. The topological polar surface area (TPSA) is 58.2 Å². The molecule has 2 N–H and O–H groups in total. The summed E-state index contributed by atoms with van der Waals surface area (Å²) in [5.74, 6) is -0.285. The zero-order chi connectivity index (χ0) is 17.7. The lowest BCUT2D eigenvalue weighted by atomic mass is 9.85. The highest BCUT2D eigenvalue weighted by molar-refractivity contribution is 7.07. The van der Waals surface area contributed by atoms with Gasteiger partial charge in [0.05, 0.1) is 0 Å². The molecule has 0 saturated carbocycles. The standard InChI is InChI=1S/C19H21FN2O2S/c20-16-3-1-14(2-4-16)11-19(9-6-18(24)22-19)8-5-17(23)21-12-15-7-10-25-13-15/h1-4,7,10,13H,5-6,8-9,11-12H2,(H,21,23)(H,22,24)/t19-/m0/s1. The van der Waals surface area contributed by atoms with E-state index in [1.54, 1.807) is 23.5 Å². The Bertz CT molecular complexity index is 730. The summed E-state index contributed by atoms with van der Waals surface area (Å²) in [5, 5.41) is 9.95. The van der Waals surface area contributed by atoms with E-state index in [4.69, 9.17) is 0 Å². The molecule has 1 aliphatic rings. The lowest BCUT2D eigenvalue weighted by Gasteiger charge is -2.29. The summed E-state index contributed by atoms with van der Waals surface area (Å²) in [6, 6.07) is 8.30. The van der Waals surface area contributed by atoms with E-state index in [2.05, 4.69) is 10.6 Å². The van der Waals surface area contributed by atoms with Crippen molar-refractivity contribution < 1.29 is 14.0 Å². The number of nitrogens with one attached hydrogen (secondary N) is 2. The molecule has 6 heteroatoms. The molecule has 1 fully saturated rings. The SMILES string of the molecule is O=C(CC[C@@]1(Cc2ccc(F)cc2)CCC(=O)N1)NCc1ccsc1. The normalized spacial score (nSPS) is 19.6. The Balaban J connectivity index is 1.57. The van der Waals surface area contributed by atoms with Gasteiger partial charge in [-0.05, 0) is 59.3 Å². The van der Waals surface area contributed by atoms with Gasteiger partial charge in [-0.25, -0.2) is 4.39 Å². The van der Waals surface area contributed by atoms with E-state index in [1.807, 2.05) is 16.8 Å². The second-order valence-corrected chi connectivity index (χ2v) is 7.32. The number of carbonyl (C=O) groups excluding carboxylic acids is 2. The third-order valence-corrected chi connectivity index (χ3v) is 5.32. The van der Waals surface area contributed by atoms with Crippen LogP contribution >= 0.6 is 11.3 Å². The van der Waals surface area contributed by atoms with Crippen LogP contribution in [0.25, 0.3) is 0 Å². The molecule has 4 nitrogen and oxygen atoms in total. The summed E-state index contributed by atoms with van der Waals surface area (Å²) >= 11 is 1.60. The van der Waals surface area contributed by atoms with E-state index in [-0.39, 0.29) is 17.6 Å². The van der Waals surface area contributed by atoms with E-state index in [9.17, 15) is 14.0 Å². The summed E-state index contributed by atoms with van der Waals surface area (Å²) < 4.78 is 13.1. The maximum atomic E-state index is 13.1. The average Bonchev–Trinajstić information content (AvgIpc) is 3.24. The molecule has 0 bridgehead atoms. The van der Waals surface area contributed by atoms with Crippen molar-refractivity contribution in [1.29, 1.82) is 0 Å². The minimum atomic E-state index is -0.422. The van der Waals surface area contributed by atoms with Crippen LogP contribution in [-0.2, 0) is 22.6 Å². The number of halogens is 1. The summed E-state index contributed by atoms with van der Waals surface area (Å²) in [6.45, 7) is 0.527. The molecule has 1 atom stereocenters. The van der Waals surface area contributed by atoms with Crippen LogP contribution in [0.15, 0.2) is 41.1 Å². The van der Waals surface area contributed by atoms with Gasteiger partial charge in [0.1, 0.15) is 5.82 Å². The molecule has 25 heavy (non-hydrogen) atoms. The predicted molar refractivity (Wildman–Crippen MR) is 95.6 cm³/mol. The van der Waals surface area contributed by atoms with Crippen LogP contribution in [0.3, 0.4) is 0 Å². The second kappa shape index (κ2) is 7.78. The van der Waals surface area contributed by atoms with E-state index < -0.39 is 5.54 Å². The molecule has 2 aromatic rings. The molecule has 2 amide bonds. The van der Waals surface area contributed by atoms with Crippen LogP contribution in [-0.4, -0.2) is 17.4 Å². The van der Waals surface area contributed by atoms with Gasteiger partial charge in [-0.1, -0.05) is 12.1 Å². The smallest absolute Gasteiger partial charge is 0.220 e. The quantitative estimate of drug-likeness (QED) is 0.797. The summed E-state index contributed by atoms with van der Waals surface area (Å²) in [5.41, 5.74) is 1.63. The van der Waals surface area contributed by atoms with Gasteiger partial charge >= 0.3 is 0 Å². The molecule has 132 valence electrons. The van der Waals surface area contributed by atoms with Crippen molar-refractivity contribution in [3.8, 4) is 0 Å². The summed E-state index contributed by atoms with van der Waals surface area (Å²) in [4.78, 5) is 23.9. The van der Waals surface area contributed by atoms with Crippen molar-refractivity contribution in [3.05, 3.63) is 58.0 Å². The Morgan fingerprint density at radius 3 is 2.68 bits per heavy atom. The molecule has 0 aliphatic carbocycles. The average molecular weight is 360 g/mol. The van der Waals surface area contributed by atoms with Gasteiger partial charge in [-0.15, -0.1) is 0 Å². The van der Waals surface area contributed by atoms with E-state index >= 15 is 0 Å². The Morgan fingerprint density at radius 2 is 2.04 bits per heavy atom. The first kappa shape index (κ1) is 17.6. The highest BCUT2D eigenvalue weighted by Gasteiger charge is 2.37. The number of carbonyl (C=O) groups is 2. The van der Waals surface area contributed by atoms with Crippen molar-refractivity contribution in [2.45, 2.75) is 44.2 Å². The fourth-order valence-electron chi connectivity index (χ4n) is 3.21. The predicted octanol–water partition coefficient (Wildman–Crippen LogP) is 3.18. The molecule has 1 aliphatic heterocycles. The lowest BCUT2D eigenvalue weighted by molar-refractivity contribution is -0.122. The van der Waals surface area contributed by atoms with Crippen LogP contribution in [0.1, 0.15) is 36.8 Å². The molecule has 0 radical (unpaired) electrons. The third kappa shape index (κ3) is 4.89. The third-order valence-electron chi connectivity index (χ3n) is 4.59. The lowest BCUT2D eigenvalue weighted by Crippen LogP contribution is -2.44. The number of hydrogen-bond acceptors (Lipinski definition) is 3. The van der Waals surface area contributed by atoms with Gasteiger partial charge in [0.25, 0.3) is 0 Å². The van der Waals surface area contributed by atoms with Crippen LogP contribution in [0, 0.1) is 5.82 Å².